The third-order valence-corrected chi connectivity index (χ3v) is 9.56. The molecule has 10 aromatic rings. The lowest BCUT2D eigenvalue weighted by Gasteiger charge is -2.15. The van der Waals surface area contributed by atoms with Crippen molar-refractivity contribution in [2.24, 2.45) is 0 Å². The van der Waals surface area contributed by atoms with E-state index in [4.69, 9.17) is 4.42 Å². The smallest absolute Gasteiger partial charge is 0.135 e. The van der Waals surface area contributed by atoms with Crippen LogP contribution in [0.5, 0.6) is 0 Å². The van der Waals surface area contributed by atoms with Crippen LogP contribution >= 0.6 is 0 Å². The molecule has 0 N–H and O–H groups in total. The Kier molecular flexibility index (Phi) is 5.32. The molecular weight excluding hydrogens is 574 g/mol. The predicted octanol–water partition coefficient (Wildman–Crippen LogP) is 11.3. The van der Waals surface area contributed by atoms with Crippen molar-refractivity contribution in [3.05, 3.63) is 157 Å². The van der Waals surface area contributed by atoms with E-state index in [0.717, 1.165) is 55.5 Å². The van der Waals surface area contributed by atoms with E-state index in [1.165, 1.54) is 32.6 Å². The lowest BCUT2D eigenvalue weighted by molar-refractivity contribution is 0.669. The lowest BCUT2D eigenvalue weighted by Crippen LogP contribution is -1.99. The second kappa shape index (κ2) is 9.71. The third kappa shape index (κ3) is 3.63. The van der Waals surface area contributed by atoms with Crippen molar-refractivity contribution in [3.8, 4) is 28.6 Å². The van der Waals surface area contributed by atoms with Gasteiger partial charge in [-0.25, -0.2) is 0 Å². The number of nitriles is 1. The van der Waals surface area contributed by atoms with E-state index in [1.54, 1.807) is 0 Å². The minimum absolute atomic E-state index is 0.627. The van der Waals surface area contributed by atoms with E-state index in [9.17, 15) is 5.26 Å². The van der Waals surface area contributed by atoms with Crippen LogP contribution in [0.25, 0.3) is 88.1 Å². The largest absolute Gasteiger partial charge is 0.456 e. The SMILES string of the molecule is N#Cc1cccc(-n2c3ccccc3c3ccccc32)c1-c1ccc2oc3ccc(-n4c5ccccc5c5ccccc54)cc3c2c1. The van der Waals surface area contributed by atoms with Crippen LogP contribution in [0.2, 0.25) is 0 Å². The van der Waals surface area contributed by atoms with Gasteiger partial charge in [-0.2, -0.15) is 5.26 Å². The third-order valence-electron chi connectivity index (χ3n) is 9.56. The van der Waals surface area contributed by atoms with Gasteiger partial charge in [-0.15, -0.1) is 0 Å². The first kappa shape index (κ1) is 25.7. The fourth-order valence-corrected chi connectivity index (χ4v) is 7.57. The van der Waals surface area contributed by atoms with Gasteiger partial charge >= 0.3 is 0 Å². The Hall–Kier alpha value is -6.57. The van der Waals surface area contributed by atoms with Crippen molar-refractivity contribution in [3.63, 3.8) is 0 Å². The van der Waals surface area contributed by atoms with Crippen LogP contribution in [-0.2, 0) is 0 Å². The van der Waals surface area contributed by atoms with Gasteiger partial charge in [0.25, 0.3) is 0 Å². The molecule has 0 bridgehead atoms. The molecule has 0 amide bonds. The van der Waals surface area contributed by atoms with Crippen LogP contribution in [0.4, 0.5) is 0 Å². The highest BCUT2D eigenvalue weighted by atomic mass is 16.3. The van der Waals surface area contributed by atoms with Gasteiger partial charge in [-0.1, -0.05) is 84.9 Å². The number of aromatic nitrogens is 2. The number of hydrogen-bond acceptors (Lipinski definition) is 2. The molecular formula is C43H25N3O. The van der Waals surface area contributed by atoms with Crippen LogP contribution in [-0.4, -0.2) is 9.13 Å². The molecule has 4 nitrogen and oxygen atoms in total. The Morgan fingerprint density at radius 1 is 0.447 bits per heavy atom. The summed E-state index contributed by atoms with van der Waals surface area (Å²) in [4.78, 5) is 0. The summed E-state index contributed by atoms with van der Waals surface area (Å²) in [7, 11) is 0. The minimum atomic E-state index is 0.627. The monoisotopic (exact) mass is 599 g/mol. The van der Waals surface area contributed by atoms with Gasteiger partial charge in [-0.05, 0) is 72.3 Å². The van der Waals surface area contributed by atoms with Crippen molar-refractivity contribution in [1.82, 2.24) is 9.13 Å². The van der Waals surface area contributed by atoms with Gasteiger partial charge in [-0.3, -0.25) is 0 Å². The maximum absolute atomic E-state index is 10.4. The van der Waals surface area contributed by atoms with Crippen LogP contribution in [0, 0.1) is 11.3 Å². The molecule has 218 valence electrons. The molecule has 47 heavy (non-hydrogen) atoms. The van der Waals surface area contributed by atoms with Gasteiger partial charge in [0, 0.05) is 43.6 Å². The van der Waals surface area contributed by atoms with E-state index in [2.05, 4.69) is 149 Å². The molecule has 0 fully saturated rings. The number of para-hydroxylation sites is 4. The second-order valence-electron chi connectivity index (χ2n) is 12.0. The van der Waals surface area contributed by atoms with E-state index in [-0.39, 0.29) is 0 Å². The Morgan fingerprint density at radius 2 is 0.957 bits per heavy atom. The highest BCUT2D eigenvalue weighted by Crippen LogP contribution is 2.41. The highest BCUT2D eigenvalue weighted by molar-refractivity contribution is 6.12. The predicted molar refractivity (Wildman–Crippen MR) is 193 cm³/mol. The quantitative estimate of drug-likeness (QED) is 0.203. The van der Waals surface area contributed by atoms with E-state index in [0.29, 0.717) is 5.56 Å². The molecule has 0 atom stereocenters. The standard InChI is InChI=1S/C43H25N3O/c44-26-28-10-9-19-40(46-38-17-7-3-13-32(38)33-14-4-8-18-39(33)46)43(28)27-20-22-41-34(24-27)35-25-29(21-23-42(35)47-41)45-36-15-5-1-11-30(36)31-12-2-6-16-37(31)45/h1-25H. The Balaban J connectivity index is 1.23. The van der Waals surface area contributed by atoms with Crippen molar-refractivity contribution in [2.75, 3.05) is 0 Å². The summed E-state index contributed by atoms with van der Waals surface area (Å²) in [5, 5.41) is 17.3. The van der Waals surface area contributed by atoms with Gasteiger partial charge in [0.05, 0.1) is 39.4 Å². The van der Waals surface area contributed by atoms with Crippen LogP contribution in [0.3, 0.4) is 0 Å². The van der Waals surface area contributed by atoms with E-state index < -0.39 is 0 Å². The number of rotatable bonds is 3. The zero-order chi connectivity index (χ0) is 31.1. The van der Waals surface area contributed by atoms with Gasteiger partial charge in [0.15, 0.2) is 0 Å². The van der Waals surface area contributed by atoms with E-state index >= 15 is 0 Å². The zero-order valence-corrected chi connectivity index (χ0v) is 25.2. The first-order valence-electron chi connectivity index (χ1n) is 15.8. The topological polar surface area (TPSA) is 46.8 Å². The lowest BCUT2D eigenvalue weighted by atomic mass is 9.96. The molecule has 0 aliphatic heterocycles. The first-order valence-corrected chi connectivity index (χ1v) is 15.8. The summed E-state index contributed by atoms with van der Waals surface area (Å²) in [6.07, 6.45) is 0. The van der Waals surface area contributed by atoms with E-state index in [1.807, 2.05) is 18.2 Å². The van der Waals surface area contributed by atoms with Gasteiger partial charge in [0.1, 0.15) is 11.2 Å². The average Bonchev–Trinajstić information content (AvgIpc) is 3.78. The van der Waals surface area contributed by atoms with Crippen molar-refractivity contribution < 1.29 is 4.42 Å². The molecule has 0 aliphatic rings. The molecule has 0 spiro atoms. The minimum Gasteiger partial charge on any atom is -0.456 e. The molecule has 4 heteroatoms. The Bertz CT molecular complexity index is 2820. The maximum Gasteiger partial charge on any atom is 0.135 e. The first-order chi connectivity index (χ1) is 23.3. The summed E-state index contributed by atoms with van der Waals surface area (Å²) in [6.45, 7) is 0. The number of benzene rings is 7. The highest BCUT2D eigenvalue weighted by Gasteiger charge is 2.20. The zero-order valence-electron chi connectivity index (χ0n) is 25.2. The normalized spacial score (nSPS) is 11.8. The van der Waals surface area contributed by atoms with Crippen LogP contribution in [0.1, 0.15) is 5.56 Å². The molecule has 0 aliphatic carbocycles. The second-order valence-corrected chi connectivity index (χ2v) is 12.0. The maximum atomic E-state index is 10.4. The number of fused-ring (bicyclic) bond motifs is 9. The summed E-state index contributed by atoms with van der Waals surface area (Å²) in [6, 6.07) is 55.3. The van der Waals surface area contributed by atoms with Crippen molar-refractivity contribution in [2.45, 2.75) is 0 Å². The van der Waals surface area contributed by atoms with Crippen LogP contribution in [0.15, 0.2) is 156 Å². The summed E-state index contributed by atoms with van der Waals surface area (Å²) in [5.74, 6) is 0. The number of hydrogen-bond donors (Lipinski definition) is 0. The fraction of sp³-hybridized carbons (Fsp3) is 0. The average molecular weight is 600 g/mol. The molecule has 0 unspecified atom stereocenters. The van der Waals surface area contributed by atoms with Crippen molar-refractivity contribution >= 4 is 65.6 Å². The molecule has 0 radical (unpaired) electrons. The summed E-state index contributed by atoms with van der Waals surface area (Å²) in [5.41, 5.74) is 10.7. The molecule has 3 heterocycles. The van der Waals surface area contributed by atoms with Crippen molar-refractivity contribution in [1.29, 1.82) is 5.26 Å². The molecule has 10 rings (SSSR count). The molecule has 3 aromatic heterocycles. The van der Waals surface area contributed by atoms with Crippen LogP contribution < -0.4 is 0 Å². The molecule has 0 saturated heterocycles. The molecule has 0 saturated carbocycles. The summed E-state index contributed by atoms with van der Waals surface area (Å²) >= 11 is 0. The summed E-state index contributed by atoms with van der Waals surface area (Å²) < 4.78 is 11.0. The van der Waals surface area contributed by atoms with Gasteiger partial charge in [0.2, 0.25) is 0 Å². The number of furan rings is 1. The number of nitrogens with zero attached hydrogens (tertiary/aromatic N) is 3. The fourth-order valence-electron chi connectivity index (χ4n) is 7.57. The Morgan fingerprint density at radius 3 is 1.53 bits per heavy atom. The van der Waals surface area contributed by atoms with Gasteiger partial charge < -0.3 is 13.6 Å². The molecule has 7 aromatic carbocycles. The Labute approximate surface area is 269 Å².